The van der Waals surface area contributed by atoms with Gasteiger partial charge in [0.1, 0.15) is 12.1 Å². The van der Waals surface area contributed by atoms with Gasteiger partial charge in [0.15, 0.2) is 0 Å². The van der Waals surface area contributed by atoms with Crippen molar-refractivity contribution in [2.75, 3.05) is 0 Å². The zero-order chi connectivity index (χ0) is 13.8. The van der Waals surface area contributed by atoms with E-state index in [2.05, 4.69) is 0 Å². The predicted molar refractivity (Wildman–Crippen MR) is 65.7 cm³/mol. The van der Waals surface area contributed by atoms with Crippen molar-refractivity contribution >= 4 is 11.9 Å². The predicted octanol–water partition coefficient (Wildman–Crippen LogP) is 0.787. The Morgan fingerprint density at radius 3 is 1.59 bits per heavy atom. The van der Waals surface area contributed by atoms with Crippen LogP contribution in [-0.4, -0.2) is 34.2 Å². The molecule has 0 amide bonds. The zero-order valence-corrected chi connectivity index (χ0v) is 10.6. The number of carboxylic acid groups (broad SMARTS) is 2. The molecule has 0 saturated heterocycles. The Morgan fingerprint density at radius 1 is 0.941 bits per heavy atom. The lowest BCUT2D eigenvalue weighted by Crippen LogP contribution is -2.29. The van der Waals surface area contributed by atoms with Gasteiger partial charge in [0.05, 0.1) is 0 Å². The van der Waals surface area contributed by atoms with Gasteiger partial charge < -0.3 is 21.7 Å². The quantitative estimate of drug-likeness (QED) is 0.527. The summed E-state index contributed by atoms with van der Waals surface area (Å²) in [7, 11) is 0. The molecule has 0 saturated carbocycles. The van der Waals surface area contributed by atoms with E-state index >= 15 is 0 Å². The first-order valence-electron chi connectivity index (χ1n) is 5.83. The molecule has 2 atom stereocenters. The van der Waals surface area contributed by atoms with Crippen LogP contribution in [0.5, 0.6) is 0 Å². The number of aliphatic carboxylic acids is 2. The minimum atomic E-state index is -0.910. The van der Waals surface area contributed by atoms with Crippen molar-refractivity contribution in [3.05, 3.63) is 0 Å². The van der Waals surface area contributed by atoms with Crippen LogP contribution in [0.2, 0.25) is 0 Å². The van der Waals surface area contributed by atoms with Crippen LogP contribution in [0.4, 0.5) is 0 Å². The first-order valence-corrected chi connectivity index (χ1v) is 5.83. The fourth-order valence-corrected chi connectivity index (χ4v) is 0.982. The number of unbranched alkanes of at least 4 members (excludes halogenated alkanes) is 1. The second-order valence-electron chi connectivity index (χ2n) is 3.82. The summed E-state index contributed by atoms with van der Waals surface area (Å²) in [5, 5.41) is 16.5. The Kier molecular flexibility index (Phi) is 12.2. The monoisotopic (exact) mass is 248 g/mol. The molecule has 0 unspecified atom stereocenters. The summed E-state index contributed by atoms with van der Waals surface area (Å²) in [6.07, 6.45) is 3.88. The highest BCUT2D eigenvalue weighted by Gasteiger charge is 2.08. The maximum absolute atomic E-state index is 10.1. The smallest absolute Gasteiger partial charge is 0.320 e. The van der Waals surface area contributed by atoms with E-state index in [4.69, 9.17) is 21.7 Å². The third-order valence-electron chi connectivity index (χ3n) is 2.10. The molecule has 0 aromatic heterocycles. The molecule has 0 rings (SSSR count). The van der Waals surface area contributed by atoms with Gasteiger partial charge in [-0.15, -0.1) is 0 Å². The van der Waals surface area contributed by atoms with E-state index < -0.39 is 24.0 Å². The van der Waals surface area contributed by atoms with Gasteiger partial charge >= 0.3 is 11.9 Å². The standard InChI is InChI=1S/C6H13NO2.C5H11NO2/c1-2-3-4-5(7)6(8)9;1-2-3-4(6)5(7)8/h5H,2-4,7H2,1H3,(H,8,9);4H,2-3,6H2,1H3,(H,7,8)/t5-;4-/m01/s1. The van der Waals surface area contributed by atoms with E-state index in [0.29, 0.717) is 12.8 Å². The van der Waals surface area contributed by atoms with Gasteiger partial charge in [-0.3, -0.25) is 9.59 Å². The number of hydrogen-bond acceptors (Lipinski definition) is 4. The zero-order valence-electron chi connectivity index (χ0n) is 10.6. The van der Waals surface area contributed by atoms with E-state index in [0.717, 1.165) is 19.3 Å². The van der Waals surface area contributed by atoms with Crippen molar-refractivity contribution in [3.63, 3.8) is 0 Å². The van der Waals surface area contributed by atoms with Gasteiger partial charge in [0, 0.05) is 0 Å². The van der Waals surface area contributed by atoms with Crippen molar-refractivity contribution in [1.82, 2.24) is 0 Å². The minimum Gasteiger partial charge on any atom is -0.480 e. The van der Waals surface area contributed by atoms with Gasteiger partial charge in [-0.1, -0.05) is 33.1 Å². The molecule has 0 bridgehead atoms. The van der Waals surface area contributed by atoms with E-state index in [1.807, 2.05) is 13.8 Å². The van der Waals surface area contributed by atoms with Crippen molar-refractivity contribution in [2.45, 2.75) is 58.0 Å². The lowest BCUT2D eigenvalue weighted by molar-refractivity contribution is -0.139. The molecular formula is C11H24N2O4. The summed E-state index contributed by atoms with van der Waals surface area (Å²) in [5.74, 6) is -1.81. The molecule has 0 fully saturated rings. The Balaban J connectivity index is 0. The van der Waals surface area contributed by atoms with Crippen LogP contribution in [0.15, 0.2) is 0 Å². The van der Waals surface area contributed by atoms with Gasteiger partial charge in [-0.2, -0.15) is 0 Å². The summed E-state index contributed by atoms with van der Waals surface area (Å²) in [6, 6.07) is -1.33. The molecule has 0 aliphatic heterocycles. The summed E-state index contributed by atoms with van der Waals surface area (Å²) in [6.45, 7) is 3.91. The van der Waals surface area contributed by atoms with Crippen molar-refractivity contribution in [2.24, 2.45) is 11.5 Å². The molecule has 6 heteroatoms. The van der Waals surface area contributed by atoms with E-state index in [9.17, 15) is 9.59 Å². The largest absolute Gasteiger partial charge is 0.480 e. The lowest BCUT2D eigenvalue weighted by Gasteiger charge is -2.02. The van der Waals surface area contributed by atoms with Gasteiger partial charge in [0.25, 0.3) is 0 Å². The van der Waals surface area contributed by atoms with E-state index in [1.165, 1.54) is 0 Å². The summed E-state index contributed by atoms with van der Waals surface area (Å²) in [4.78, 5) is 20.0. The van der Waals surface area contributed by atoms with E-state index in [1.54, 1.807) is 0 Å². The molecule has 0 aromatic rings. The third kappa shape index (κ3) is 12.8. The second kappa shape index (κ2) is 11.3. The van der Waals surface area contributed by atoms with Crippen LogP contribution >= 0.6 is 0 Å². The van der Waals surface area contributed by atoms with Gasteiger partial charge in [0.2, 0.25) is 0 Å². The van der Waals surface area contributed by atoms with Crippen LogP contribution in [0.25, 0.3) is 0 Å². The molecule has 6 N–H and O–H groups in total. The van der Waals surface area contributed by atoms with Crippen molar-refractivity contribution in [1.29, 1.82) is 0 Å². The highest BCUT2D eigenvalue weighted by Crippen LogP contribution is 1.97. The molecule has 0 aliphatic carbocycles. The lowest BCUT2D eigenvalue weighted by atomic mass is 10.1. The summed E-state index contributed by atoms with van der Waals surface area (Å²) < 4.78 is 0. The van der Waals surface area contributed by atoms with Crippen LogP contribution in [0.3, 0.4) is 0 Å². The Hall–Kier alpha value is -1.14. The van der Waals surface area contributed by atoms with Crippen LogP contribution in [0.1, 0.15) is 46.0 Å². The molecule has 0 aliphatic rings. The highest BCUT2D eigenvalue weighted by molar-refractivity contribution is 5.73. The van der Waals surface area contributed by atoms with Crippen LogP contribution in [-0.2, 0) is 9.59 Å². The number of carboxylic acids is 2. The van der Waals surface area contributed by atoms with Gasteiger partial charge in [-0.05, 0) is 12.8 Å². The molecule has 6 nitrogen and oxygen atoms in total. The van der Waals surface area contributed by atoms with Crippen LogP contribution in [0, 0.1) is 0 Å². The maximum Gasteiger partial charge on any atom is 0.320 e. The maximum atomic E-state index is 10.1. The molecule has 17 heavy (non-hydrogen) atoms. The molecule has 0 aromatic carbocycles. The fourth-order valence-electron chi connectivity index (χ4n) is 0.982. The third-order valence-corrected chi connectivity index (χ3v) is 2.10. The first-order chi connectivity index (χ1) is 7.86. The van der Waals surface area contributed by atoms with E-state index in [-0.39, 0.29) is 0 Å². The molecular weight excluding hydrogens is 224 g/mol. The Morgan fingerprint density at radius 2 is 1.35 bits per heavy atom. The Bertz CT molecular complexity index is 222. The summed E-state index contributed by atoms with van der Waals surface area (Å²) >= 11 is 0. The molecule has 0 radical (unpaired) electrons. The number of hydrogen-bond donors (Lipinski definition) is 4. The highest BCUT2D eigenvalue weighted by atomic mass is 16.4. The SMILES string of the molecule is CCCC[C@H](N)C(=O)O.CCC[C@@H](N)C(=O)O. The first kappa shape index (κ1) is 18.2. The minimum absolute atomic E-state index is 0.565. The topological polar surface area (TPSA) is 127 Å². The average Bonchev–Trinajstić information content (AvgIpc) is 2.26. The summed E-state index contributed by atoms with van der Waals surface area (Å²) in [5.41, 5.74) is 10.3. The van der Waals surface area contributed by atoms with Gasteiger partial charge in [-0.25, -0.2) is 0 Å². The number of rotatable bonds is 7. The molecule has 102 valence electrons. The number of carbonyl (C=O) groups is 2. The fraction of sp³-hybridized carbons (Fsp3) is 0.818. The van der Waals surface area contributed by atoms with Crippen molar-refractivity contribution in [3.8, 4) is 0 Å². The van der Waals surface area contributed by atoms with Crippen LogP contribution < -0.4 is 11.5 Å². The van der Waals surface area contributed by atoms with Crippen molar-refractivity contribution < 1.29 is 19.8 Å². The Labute approximate surface area is 102 Å². The molecule has 0 heterocycles. The average molecular weight is 248 g/mol. The normalized spacial score (nSPS) is 13.2. The second-order valence-corrected chi connectivity index (χ2v) is 3.82. The molecule has 0 spiro atoms. The number of nitrogens with two attached hydrogens (primary N) is 2.